The summed E-state index contributed by atoms with van der Waals surface area (Å²) >= 11 is 0. The van der Waals surface area contributed by atoms with Crippen LogP contribution in [-0.4, -0.2) is 45.7 Å². The Bertz CT molecular complexity index is 669. The molecule has 7 nitrogen and oxygen atoms in total. The van der Waals surface area contributed by atoms with E-state index < -0.39 is 12.0 Å². The van der Waals surface area contributed by atoms with E-state index in [1.54, 1.807) is 21.6 Å². The first-order valence-corrected chi connectivity index (χ1v) is 7.43. The highest BCUT2D eigenvalue weighted by molar-refractivity contribution is 5.82. The van der Waals surface area contributed by atoms with Gasteiger partial charge in [0.15, 0.2) is 0 Å². The summed E-state index contributed by atoms with van der Waals surface area (Å²) in [6.07, 6.45) is 0.960. The first-order chi connectivity index (χ1) is 10.5. The molecule has 0 spiro atoms. The van der Waals surface area contributed by atoms with Crippen molar-refractivity contribution < 1.29 is 14.7 Å². The first kappa shape index (κ1) is 14.6. The van der Waals surface area contributed by atoms with E-state index in [4.69, 9.17) is 5.11 Å². The molecule has 1 aromatic heterocycles. The fraction of sp³-hybridized carbons (Fsp3) is 0.533. The maximum atomic E-state index is 12.2. The highest BCUT2D eigenvalue weighted by Crippen LogP contribution is 2.34. The molecular weight excluding hydrogens is 286 g/mol. The van der Waals surface area contributed by atoms with E-state index in [2.05, 4.69) is 5.32 Å². The van der Waals surface area contributed by atoms with Crippen LogP contribution < -0.4 is 10.9 Å². The zero-order valence-corrected chi connectivity index (χ0v) is 12.4. The highest BCUT2D eigenvalue weighted by Gasteiger charge is 2.36. The number of hydrogen-bond donors (Lipinski definition) is 2. The standard InChI is InChI=1S/C15H19N3O4/c1-9(14(20)21)16-15(22)17-6-10-5-11(8-17)12-3-2-4-13(19)18(12)7-10/h2-4,9-11H,5-8H2,1H3,(H,16,22)(H,20,21)/t9-,10-,11+/m0/s1. The number of aliphatic carboxylic acids is 1. The monoisotopic (exact) mass is 305 g/mol. The Kier molecular flexibility index (Phi) is 3.64. The van der Waals surface area contributed by atoms with Crippen molar-refractivity contribution in [2.24, 2.45) is 5.92 Å². The van der Waals surface area contributed by atoms with Gasteiger partial charge in [0.1, 0.15) is 6.04 Å². The molecule has 2 bridgehead atoms. The number of aromatic nitrogens is 1. The number of amides is 2. The third-order valence-corrected chi connectivity index (χ3v) is 4.48. The van der Waals surface area contributed by atoms with E-state index in [1.165, 1.54) is 6.92 Å². The average molecular weight is 305 g/mol. The topological polar surface area (TPSA) is 91.6 Å². The minimum absolute atomic E-state index is 0.00426. The predicted octanol–water partition coefficient (Wildman–Crippen LogP) is 0.450. The van der Waals surface area contributed by atoms with Crippen molar-refractivity contribution in [2.45, 2.75) is 31.8 Å². The minimum Gasteiger partial charge on any atom is -0.480 e. The zero-order chi connectivity index (χ0) is 15.9. The normalized spacial score (nSPS) is 24.3. The van der Waals surface area contributed by atoms with Crippen molar-refractivity contribution >= 4 is 12.0 Å². The Morgan fingerprint density at radius 1 is 1.32 bits per heavy atom. The number of rotatable bonds is 2. The van der Waals surface area contributed by atoms with Gasteiger partial charge in [-0.25, -0.2) is 4.79 Å². The van der Waals surface area contributed by atoms with Crippen LogP contribution in [0.3, 0.4) is 0 Å². The van der Waals surface area contributed by atoms with Crippen molar-refractivity contribution in [3.8, 4) is 0 Å². The number of hydrogen-bond acceptors (Lipinski definition) is 3. The smallest absolute Gasteiger partial charge is 0.325 e. The zero-order valence-electron chi connectivity index (χ0n) is 12.4. The van der Waals surface area contributed by atoms with Gasteiger partial charge in [0.25, 0.3) is 5.56 Å². The van der Waals surface area contributed by atoms with Gasteiger partial charge in [0, 0.05) is 37.3 Å². The van der Waals surface area contributed by atoms with E-state index >= 15 is 0 Å². The molecule has 7 heteroatoms. The molecule has 3 atom stereocenters. The Hall–Kier alpha value is -2.31. The Labute approximate surface area is 127 Å². The summed E-state index contributed by atoms with van der Waals surface area (Å²) in [6.45, 7) is 3.12. The number of piperidine rings is 1. The van der Waals surface area contributed by atoms with Crippen LogP contribution in [0.15, 0.2) is 23.0 Å². The van der Waals surface area contributed by atoms with Crippen LogP contribution in [0.1, 0.15) is 25.0 Å². The van der Waals surface area contributed by atoms with E-state index in [0.29, 0.717) is 19.6 Å². The third kappa shape index (κ3) is 2.58. The molecule has 0 aliphatic carbocycles. The van der Waals surface area contributed by atoms with Crippen molar-refractivity contribution in [1.82, 2.24) is 14.8 Å². The fourth-order valence-electron chi connectivity index (χ4n) is 3.40. The van der Waals surface area contributed by atoms with Gasteiger partial charge in [-0.1, -0.05) is 6.07 Å². The van der Waals surface area contributed by atoms with Crippen LogP contribution in [0.2, 0.25) is 0 Å². The van der Waals surface area contributed by atoms with Gasteiger partial charge in [-0.15, -0.1) is 0 Å². The Morgan fingerprint density at radius 2 is 2.09 bits per heavy atom. The Morgan fingerprint density at radius 3 is 2.82 bits per heavy atom. The summed E-state index contributed by atoms with van der Waals surface area (Å²) in [6, 6.07) is 3.98. The number of likely N-dealkylation sites (tertiary alicyclic amines) is 1. The number of pyridine rings is 1. The SMILES string of the molecule is C[C@H](NC(=O)N1C[C@@H]2C[C@H](C1)c1cccc(=O)n1C2)C(=O)O. The molecule has 2 aliphatic rings. The van der Waals surface area contributed by atoms with Crippen LogP contribution in [0.4, 0.5) is 4.79 Å². The van der Waals surface area contributed by atoms with Crippen molar-refractivity contribution in [2.75, 3.05) is 13.1 Å². The molecule has 1 saturated heterocycles. The lowest BCUT2D eigenvalue weighted by atomic mass is 9.83. The van der Waals surface area contributed by atoms with Gasteiger partial charge < -0.3 is 19.9 Å². The molecule has 118 valence electrons. The molecule has 2 aliphatic heterocycles. The molecule has 3 heterocycles. The molecule has 0 aromatic carbocycles. The average Bonchev–Trinajstić information content (AvgIpc) is 2.48. The number of nitrogens with one attached hydrogen (secondary N) is 1. The number of urea groups is 1. The maximum Gasteiger partial charge on any atom is 0.325 e. The van der Waals surface area contributed by atoms with Gasteiger partial charge in [0.2, 0.25) is 0 Å². The molecule has 0 radical (unpaired) electrons. The lowest BCUT2D eigenvalue weighted by Crippen LogP contribution is -2.54. The van der Waals surface area contributed by atoms with Crippen LogP contribution in [-0.2, 0) is 11.3 Å². The summed E-state index contributed by atoms with van der Waals surface area (Å²) in [4.78, 5) is 36.7. The fourth-order valence-corrected chi connectivity index (χ4v) is 3.40. The second-order valence-corrected chi connectivity index (χ2v) is 6.11. The summed E-state index contributed by atoms with van der Waals surface area (Å²) < 4.78 is 1.80. The van der Waals surface area contributed by atoms with Gasteiger partial charge in [0.05, 0.1) is 0 Å². The van der Waals surface area contributed by atoms with Crippen LogP contribution in [0, 0.1) is 5.92 Å². The first-order valence-electron chi connectivity index (χ1n) is 7.43. The number of nitrogens with zero attached hydrogens (tertiary/aromatic N) is 2. The van der Waals surface area contributed by atoms with Gasteiger partial charge in [-0.2, -0.15) is 0 Å². The summed E-state index contributed by atoms with van der Waals surface area (Å²) in [5.74, 6) is -0.688. The van der Waals surface area contributed by atoms with Crippen LogP contribution in [0.25, 0.3) is 0 Å². The second-order valence-electron chi connectivity index (χ2n) is 6.11. The largest absolute Gasteiger partial charge is 0.480 e. The number of carboxylic acids is 1. The van der Waals surface area contributed by atoms with Crippen molar-refractivity contribution in [3.63, 3.8) is 0 Å². The van der Waals surface area contributed by atoms with Crippen molar-refractivity contribution in [1.29, 1.82) is 0 Å². The number of fused-ring (bicyclic) bond motifs is 4. The maximum absolute atomic E-state index is 12.2. The Balaban J connectivity index is 1.77. The van der Waals surface area contributed by atoms with Crippen LogP contribution in [0.5, 0.6) is 0 Å². The van der Waals surface area contributed by atoms with Gasteiger partial charge >= 0.3 is 12.0 Å². The van der Waals surface area contributed by atoms with E-state index in [1.807, 2.05) is 6.07 Å². The third-order valence-electron chi connectivity index (χ3n) is 4.48. The van der Waals surface area contributed by atoms with Gasteiger partial charge in [-0.05, 0) is 25.3 Å². The number of carboxylic acid groups (broad SMARTS) is 1. The van der Waals surface area contributed by atoms with E-state index in [-0.39, 0.29) is 23.4 Å². The van der Waals surface area contributed by atoms with Crippen LogP contribution >= 0.6 is 0 Å². The quantitative estimate of drug-likeness (QED) is 0.830. The molecular formula is C15H19N3O4. The second kappa shape index (κ2) is 5.47. The summed E-state index contributed by atoms with van der Waals surface area (Å²) in [7, 11) is 0. The molecule has 1 aromatic rings. The summed E-state index contributed by atoms with van der Waals surface area (Å²) in [5, 5.41) is 11.4. The lowest BCUT2D eigenvalue weighted by Gasteiger charge is -2.42. The number of carbonyl (C=O) groups is 2. The summed E-state index contributed by atoms with van der Waals surface area (Å²) in [5.41, 5.74) is 0.970. The molecule has 22 heavy (non-hydrogen) atoms. The molecule has 3 rings (SSSR count). The van der Waals surface area contributed by atoms with E-state index in [0.717, 1.165) is 12.1 Å². The molecule has 1 fully saturated rings. The molecule has 0 saturated carbocycles. The van der Waals surface area contributed by atoms with E-state index in [9.17, 15) is 14.4 Å². The predicted molar refractivity (Wildman–Crippen MR) is 78.8 cm³/mol. The molecule has 2 N–H and O–H groups in total. The highest BCUT2D eigenvalue weighted by atomic mass is 16.4. The minimum atomic E-state index is -1.05. The molecule has 2 amide bonds. The number of carbonyl (C=O) groups excluding carboxylic acids is 1. The lowest BCUT2D eigenvalue weighted by molar-refractivity contribution is -0.138. The van der Waals surface area contributed by atoms with Crippen molar-refractivity contribution in [3.05, 3.63) is 34.2 Å². The van der Waals surface area contributed by atoms with Gasteiger partial charge in [-0.3, -0.25) is 9.59 Å². The molecule has 0 unspecified atom stereocenters.